The molecule has 0 aliphatic rings. The first-order valence-electron chi connectivity index (χ1n) is 30.6. The molecular weight excluding hydrogens is 877 g/mol. The molecule has 0 unspecified atom stereocenters. The van der Waals surface area contributed by atoms with Crippen LogP contribution in [0.1, 0.15) is 102 Å². The lowest BCUT2D eigenvalue weighted by molar-refractivity contribution is -0.572. The van der Waals surface area contributed by atoms with Crippen LogP contribution in [0.2, 0.25) is 0 Å². The SMILES string of the molecule is [2H]c1c([2H])c([2H])c(-c2cnc(-n3c4ccccc4c4ccc(Oc5cccc(-n6[c-][n+](-c7c(-c8c([2H])c([2H])c([2H])c([2H])c8[2H])cc(C(C)(C)C)cc7C(C)(C)C)c7ccc(-c8ccc(C(C)(C)C)cc8)cc76)c5)cc43)cc2C([2H])([2H])[2H])c([2H])c1[2H]. The zero-order valence-electron chi connectivity index (χ0n) is 54.9. The highest BCUT2D eigenvalue weighted by molar-refractivity contribution is 6.09. The van der Waals surface area contributed by atoms with Gasteiger partial charge in [-0.3, -0.25) is 13.7 Å². The normalized spacial score (nSPS) is 15.0. The summed E-state index contributed by atoms with van der Waals surface area (Å²) >= 11 is 0. The lowest BCUT2D eigenvalue weighted by Gasteiger charge is -2.30. The Balaban J connectivity index is 1.10. The Morgan fingerprint density at radius 2 is 1.21 bits per heavy atom. The number of fused-ring (bicyclic) bond motifs is 4. The van der Waals surface area contributed by atoms with Gasteiger partial charge in [-0.15, -0.1) is 0 Å². The second-order valence-corrected chi connectivity index (χ2v) is 21.4. The molecule has 11 rings (SSSR count). The van der Waals surface area contributed by atoms with E-state index in [0.29, 0.717) is 39.5 Å². The standard InChI is InChI=1S/C67H62N4O/c1-44-36-63(68-42-57(44)47-22-15-12-16-23-47)71-59-27-18-17-26-54(59)55-34-33-53(41-61(55)71)72-52-25-19-24-51(40-52)69-43-70(60-35-30-48(37-62(60)69)45-28-31-49(32-29-45)65(2,3)4)64-56(46-20-13-11-14-21-46)38-50(66(5,6)7)39-58(64)67(8,9)10/h11-42H,1-10H3/i1D3,11D,12D,13D,14D,15D,16D,20D,21D,22D,23D. The highest BCUT2D eigenvalue weighted by Gasteiger charge is 2.29. The maximum Gasteiger partial charge on any atom is 0.269 e. The van der Waals surface area contributed by atoms with E-state index in [-0.39, 0.29) is 45.6 Å². The van der Waals surface area contributed by atoms with Gasteiger partial charge < -0.3 is 4.74 Å². The predicted molar refractivity (Wildman–Crippen MR) is 299 cm³/mol. The fourth-order valence-electron chi connectivity index (χ4n) is 9.50. The monoisotopic (exact) mass is 952 g/mol. The van der Waals surface area contributed by atoms with Gasteiger partial charge in [0.25, 0.3) is 6.33 Å². The van der Waals surface area contributed by atoms with Crippen LogP contribution >= 0.6 is 0 Å². The smallest absolute Gasteiger partial charge is 0.269 e. The number of ether oxygens (including phenoxy) is 1. The first-order chi connectivity index (χ1) is 39.8. The Kier molecular flexibility index (Phi) is 8.24. The van der Waals surface area contributed by atoms with E-state index in [1.807, 2.05) is 92.6 Å². The number of pyridine rings is 1. The van der Waals surface area contributed by atoms with Crippen molar-refractivity contribution in [1.82, 2.24) is 14.1 Å². The maximum atomic E-state index is 9.34. The molecule has 5 heteroatoms. The minimum atomic E-state index is -2.78. The molecule has 0 amide bonds. The van der Waals surface area contributed by atoms with Crippen molar-refractivity contribution in [2.45, 2.75) is 85.4 Å². The first kappa shape index (κ1) is 33.5. The van der Waals surface area contributed by atoms with E-state index in [9.17, 15) is 2.74 Å². The molecule has 0 saturated heterocycles. The van der Waals surface area contributed by atoms with Crippen molar-refractivity contribution in [1.29, 1.82) is 0 Å². The quantitative estimate of drug-likeness (QED) is 0.112. The summed E-state index contributed by atoms with van der Waals surface area (Å²) in [5, 5.41) is 1.67. The minimum Gasteiger partial charge on any atom is -0.458 e. The van der Waals surface area contributed by atoms with Crippen LogP contribution in [0.5, 0.6) is 11.5 Å². The third-order valence-electron chi connectivity index (χ3n) is 13.4. The molecule has 0 spiro atoms. The average Bonchev–Trinajstić information content (AvgIpc) is 2.01. The molecule has 0 saturated carbocycles. The summed E-state index contributed by atoms with van der Waals surface area (Å²) in [4.78, 5) is 4.74. The molecule has 0 aliphatic carbocycles. The topological polar surface area (TPSA) is 35.9 Å². The summed E-state index contributed by atoms with van der Waals surface area (Å²) in [6, 6.07) is 36.3. The maximum absolute atomic E-state index is 9.34. The number of aromatic nitrogens is 4. The summed E-state index contributed by atoms with van der Waals surface area (Å²) < 4.78 is 125. The van der Waals surface area contributed by atoms with Gasteiger partial charge in [0.05, 0.1) is 47.1 Å². The minimum absolute atomic E-state index is 0.0574. The van der Waals surface area contributed by atoms with Gasteiger partial charge in [0.15, 0.2) is 0 Å². The van der Waals surface area contributed by atoms with Crippen molar-refractivity contribution in [2.75, 3.05) is 0 Å². The van der Waals surface area contributed by atoms with Crippen molar-refractivity contribution >= 4 is 32.8 Å². The lowest BCUT2D eigenvalue weighted by atomic mass is 9.77. The van der Waals surface area contributed by atoms with E-state index in [4.69, 9.17) is 24.8 Å². The lowest BCUT2D eigenvalue weighted by Crippen LogP contribution is -2.35. The molecule has 0 bridgehead atoms. The molecule has 0 fully saturated rings. The van der Waals surface area contributed by atoms with E-state index >= 15 is 0 Å². The molecule has 11 aromatic rings. The Morgan fingerprint density at radius 3 is 1.90 bits per heavy atom. The molecular formula is C67H62N4O. The Labute approximate surface area is 442 Å². The number of para-hydroxylation sites is 1. The summed E-state index contributed by atoms with van der Waals surface area (Å²) in [7, 11) is 0. The molecule has 0 N–H and O–H groups in total. The van der Waals surface area contributed by atoms with Crippen LogP contribution in [0.3, 0.4) is 0 Å². The molecule has 356 valence electrons. The average molecular weight is 952 g/mol. The van der Waals surface area contributed by atoms with Gasteiger partial charge >= 0.3 is 0 Å². The number of nitrogens with zero attached hydrogens (tertiary/aromatic N) is 4. The first-order valence-corrected chi connectivity index (χ1v) is 24.1. The van der Waals surface area contributed by atoms with Crippen molar-refractivity contribution in [3.8, 4) is 62.1 Å². The fraction of sp³-hybridized carbons (Fsp3) is 0.194. The molecule has 0 aliphatic heterocycles. The van der Waals surface area contributed by atoms with Crippen LogP contribution in [0.15, 0.2) is 194 Å². The highest BCUT2D eigenvalue weighted by atomic mass is 16.5. The molecule has 8 aromatic carbocycles. The highest BCUT2D eigenvalue weighted by Crippen LogP contribution is 2.41. The van der Waals surface area contributed by atoms with Gasteiger partial charge in [-0.1, -0.05) is 196 Å². The van der Waals surface area contributed by atoms with Crippen LogP contribution < -0.4 is 9.30 Å². The van der Waals surface area contributed by atoms with Crippen molar-refractivity contribution in [2.24, 2.45) is 0 Å². The Hall–Kier alpha value is -8.02. The van der Waals surface area contributed by atoms with E-state index in [1.54, 1.807) is 0 Å². The summed E-state index contributed by atoms with van der Waals surface area (Å²) in [5.74, 6) is 1.12. The molecule has 0 radical (unpaired) electrons. The number of hydrogen-bond donors (Lipinski definition) is 0. The largest absolute Gasteiger partial charge is 0.458 e. The van der Waals surface area contributed by atoms with Crippen molar-refractivity contribution in [3.05, 3.63) is 223 Å². The molecule has 3 aromatic heterocycles. The van der Waals surface area contributed by atoms with E-state index in [2.05, 4.69) is 111 Å². The number of benzene rings is 8. The van der Waals surface area contributed by atoms with Crippen molar-refractivity contribution in [3.63, 3.8) is 0 Å². The molecule has 0 atom stereocenters. The second-order valence-electron chi connectivity index (χ2n) is 21.4. The zero-order chi connectivity index (χ0) is 61.3. The molecule has 72 heavy (non-hydrogen) atoms. The van der Waals surface area contributed by atoms with Gasteiger partial charge in [0.2, 0.25) is 0 Å². The van der Waals surface area contributed by atoms with E-state index in [1.165, 1.54) is 17.8 Å². The summed E-state index contributed by atoms with van der Waals surface area (Å²) in [6.07, 6.45) is 4.98. The molecule has 5 nitrogen and oxygen atoms in total. The fourth-order valence-corrected chi connectivity index (χ4v) is 9.50. The van der Waals surface area contributed by atoms with Gasteiger partial charge in [-0.25, -0.2) is 4.98 Å². The summed E-state index contributed by atoms with van der Waals surface area (Å²) in [5.41, 5.74) is 8.03. The van der Waals surface area contributed by atoms with Crippen LogP contribution in [0.25, 0.3) is 83.4 Å². The van der Waals surface area contributed by atoms with Crippen LogP contribution in [0, 0.1) is 13.2 Å². The number of aryl methyl sites for hydroxylation is 1. The van der Waals surface area contributed by atoms with Crippen LogP contribution in [-0.2, 0) is 16.2 Å². The predicted octanol–water partition coefficient (Wildman–Crippen LogP) is 17.2. The van der Waals surface area contributed by atoms with Gasteiger partial charge in [-0.05, 0) is 122 Å². The third kappa shape index (κ3) is 8.57. The van der Waals surface area contributed by atoms with Crippen molar-refractivity contribution < 1.29 is 27.1 Å². The van der Waals surface area contributed by atoms with Gasteiger partial charge in [0.1, 0.15) is 17.3 Å². The third-order valence-corrected chi connectivity index (χ3v) is 13.4. The van der Waals surface area contributed by atoms with Gasteiger partial charge in [-0.2, -0.15) is 0 Å². The Bertz CT molecular complexity index is 4500. The van der Waals surface area contributed by atoms with E-state index in [0.717, 1.165) is 44.1 Å². The molecule has 3 heterocycles. The van der Waals surface area contributed by atoms with E-state index < -0.39 is 66.0 Å². The number of hydrogen-bond acceptors (Lipinski definition) is 2. The van der Waals surface area contributed by atoms with Gasteiger partial charge in [0, 0.05) is 32.7 Å². The Morgan fingerprint density at radius 1 is 0.542 bits per heavy atom. The number of rotatable bonds is 8. The second kappa shape index (κ2) is 17.7. The van der Waals surface area contributed by atoms with Crippen LogP contribution in [0.4, 0.5) is 0 Å². The van der Waals surface area contributed by atoms with Crippen LogP contribution in [-0.4, -0.2) is 14.1 Å². The summed E-state index contributed by atoms with van der Waals surface area (Å²) in [6.45, 7) is 16.4. The zero-order valence-corrected chi connectivity index (χ0v) is 41.9. The number of imidazole rings is 1.